The maximum Gasteiger partial charge on any atom is 0.0608 e. The van der Waals surface area contributed by atoms with Crippen LogP contribution in [-0.4, -0.2) is 22.5 Å². The number of hydrogen-bond acceptors (Lipinski definition) is 3. The molecule has 0 heterocycles. The molecule has 90 valence electrons. The number of benzene rings is 1. The quantitative estimate of drug-likeness (QED) is 0.800. The molecule has 0 amide bonds. The minimum Gasteiger partial charge on any atom is -0.394 e. The number of aliphatic hydroxyl groups excluding tert-OH is 1. The fourth-order valence-electron chi connectivity index (χ4n) is 1.51. The molecule has 1 rings (SSSR count). The van der Waals surface area contributed by atoms with Crippen LogP contribution in [0.4, 0.5) is 0 Å². The summed E-state index contributed by atoms with van der Waals surface area (Å²) in [6.45, 7) is 3.99. The third kappa shape index (κ3) is 4.74. The predicted molar refractivity (Wildman–Crippen MR) is 71.1 cm³/mol. The van der Waals surface area contributed by atoms with E-state index in [9.17, 15) is 0 Å². The third-order valence-electron chi connectivity index (χ3n) is 2.27. The molecule has 0 aliphatic carbocycles. The highest BCUT2D eigenvalue weighted by Gasteiger charge is 2.21. The van der Waals surface area contributed by atoms with Crippen molar-refractivity contribution < 1.29 is 5.11 Å². The summed E-state index contributed by atoms with van der Waals surface area (Å²) in [7, 11) is 0. The van der Waals surface area contributed by atoms with Gasteiger partial charge in [0.2, 0.25) is 0 Å². The van der Waals surface area contributed by atoms with E-state index in [1.807, 2.05) is 31.2 Å². The number of halogens is 1. The summed E-state index contributed by atoms with van der Waals surface area (Å²) in [4.78, 5) is 1.17. The lowest BCUT2D eigenvalue weighted by Crippen LogP contribution is -2.42. The van der Waals surface area contributed by atoms with Gasteiger partial charge in [0.05, 0.1) is 6.61 Å². The molecule has 0 bridgehead atoms. The van der Waals surface area contributed by atoms with Gasteiger partial charge in [-0.05, 0) is 37.6 Å². The van der Waals surface area contributed by atoms with Crippen LogP contribution in [0, 0.1) is 0 Å². The number of aliphatic hydroxyl groups is 1. The zero-order valence-corrected chi connectivity index (χ0v) is 11.2. The Kier molecular flexibility index (Phi) is 5.12. The first kappa shape index (κ1) is 13.8. The molecule has 1 aromatic rings. The lowest BCUT2D eigenvalue weighted by atomic mass is 9.99. The summed E-state index contributed by atoms with van der Waals surface area (Å²) in [6.07, 6.45) is 0.775. The van der Waals surface area contributed by atoms with Crippen molar-refractivity contribution in [3.63, 3.8) is 0 Å². The van der Waals surface area contributed by atoms with Crippen LogP contribution in [0.15, 0.2) is 29.2 Å². The largest absolute Gasteiger partial charge is 0.394 e. The minimum absolute atomic E-state index is 0.0124. The Hall–Kier alpha value is -0.220. The van der Waals surface area contributed by atoms with Gasteiger partial charge in [0, 0.05) is 20.7 Å². The van der Waals surface area contributed by atoms with Crippen molar-refractivity contribution in [1.29, 1.82) is 0 Å². The average Bonchev–Trinajstić information content (AvgIpc) is 2.21. The molecule has 0 radical (unpaired) electrons. The second-order valence-corrected chi connectivity index (χ2v) is 6.35. The monoisotopic (exact) mass is 259 g/mol. The Morgan fingerprint density at radius 2 is 2.00 bits per heavy atom. The van der Waals surface area contributed by atoms with Crippen LogP contribution in [0.5, 0.6) is 0 Å². The van der Waals surface area contributed by atoms with Gasteiger partial charge in [-0.3, -0.25) is 0 Å². The van der Waals surface area contributed by atoms with Crippen molar-refractivity contribution in [3.05, 3.63) is 29.3 Å². The van der Waals surface area contributed by atoms with Gasteiger partial charge in [-0.25, -0.2) is 0 Å². The summed E-state index contributed by atoms with van der Waals surface area (Å²) in [5, 5.41) is 10.2. The molecule has 0 spiro atoms. The number of thioether (sulfide) groups is 1. The highest BCUT2D eigenvalue weighted by Crippen LogP contribution is 2.28. The van der Waals surface area contributed by atoms with E-state index < -0.39 is 5.54 Å². The van der Waals surface area contributed by atoms with Crippen molar-refractivity contribution in [1.82, 2.24) is 0 Å². The molecule has 0 aliphatic rings. The Balaban J connectivity index is 2.51. The normalized spacial score (nSPS) is 16.8. The van der Waals surface area contributed by atoms with E-state index in [1.54, 1.807) is 11.8 Å². The average molecular weight is 260 g/mol. The van der Waals surface area contributed by atoms with Gasteiger partial charge in [-0.2, -0.15) is 0 Å². The van der Waals surface area contributed by atoms with E-state index in [2.05, 4.69) is 6.92 Å². The van der Waals surface area contributed by atoms with Crippen LogP contribution in [0.3, 0.4) is 0 Å². The molecule has 0 fully saturated rings. The van der Waals surface area contributed by atoms with Crippen LogP contribution >= 0.6 is 23.4 Å². The van der Waals surface area contributed by atoms with Gasteiger partial charge < -0.3 is 10.8 Å². The van der Waals surface area contributed by atoms with Crippen LogP contribution < -0.4 is 5.73 Å². The highest BCUT2D eigenvalue weighted by molar-refractivity contribution is 7.99. The molecule has 3 N–H and O–H groups in total. The summed E-state index contributed by atoms with van der Waals surface area (Å²) in [5.41, 5.74) is 5.41. The molecule has 1 aromatic carbocycles. The Morgan fingerprint density at radius 3 is 2.50 bits per heavy atom. The van der Waals surface area contributed by atoms with E-state index in [4.69, 9.17) is 22.4 Å². The Morgan fingerprint density at radius 1 is 1.44 bits per heavy atom. The topological polar surface area (TPSA) is 46.2 Å². The van der Waals surface area contributed by atoms with E-state index in [-0.39, 0.29) is 6.61 Å². The first-order chi connectivity index (χ1) is 7.43. The van der Waals surface area contributed by atoms with E-state index in [0.29, 0.717) is 5.25 Å². The van der Waals surface area contributed by atoms with Crippen molar-refractivity contribution in [2.75, 3.05) is 6.61 Å². The molecule has 2 atom stereocenters. The Labute approximate surface area is 106 Å². The van der Waals surface area contributed by atoms with Gasteiger partial charge in [-0.15, -0.1) is 11.8 Å². The molecule has 0 aromatic heterocycles. The molecular formula is C12H18ClNOS. The van der Waals surface area contributed by atoms with Crippen LogP contribution in [-0.2, 0) is 0 Å². The highest BCUT2D eigenvalue weighted by atomic mass is 35.5. The number of nitrogens with two attached hydrogens (primary N) is 1. The van der Waals surface area contributed by atoms with E-state index in [0.717, 1.165) is 11.4 Å². The van der Waals surface area contributed by atoms with Crippen LogP contribution in [0.2, 0.25) is 5.02 Å². The SMILES string of the molecule is CC(CC(C)(N)CO)Sc1ccc(Cl)cc1. The summed E-state index contributed by atoms with van der Waals surface area (Å²) >= 11 is 7.56. The van der Waals surface area contributed by atoms with Gasteiger partial charge in [-0.1, -0.05) is 18.5 Å². The first-order valence-corrected chi connectivity index (χ1v) is 6.51. The van der Waals surface area contributed by atoms with Crippen molar-refractivity contribution in [3.8, 4) is 0 Å². The fourth-order valence-corrected chi connectivity index (χ4v) is 2.86. The second kappa shape index (κ2) is 5.92. The maximum atomic E-state index is 9.09. The molecule has 2 nitrogen and oxygen atoms in total. The van der Waals surface area contributed by atoms with Gasteiger partial charge in [0.1, 0.15) is 0 Å². The van der Waals surface area contributed by atoms with Crippen LogP contribution in [0.25, 0.3) is 0 Å². The molecular weight excluding hydrogens is 242 g/mol. The van der Waals surface area contributed by atoms with E-state index >= 15 is 0 Å². The molecule has 0 saturated heterocycles. The van der Waals surface area contributed by atoms with Crippen LogP contribution in [0.1, 0.15) is 20.3 Å². The molecule has 16 heavy (non-hydrogen) atoms. The number of rotatable bonds is 5. The number of hydrogen-bond donors (Lipinski definition) is 2. The maximum absolute atomic E-state index is 9.09. The lowest BCUT2D eigenvalue weighted by Gasteiger charge is -2.25. The summed E-state index contributed by atoms with van der Waals surface area (Å²) in [6, 6.07) is 7.75. The molecule has 0 saturated carbocycles. The zero-order chi connectivity index (χ0) is 12.2. The molecule has 4 heteroatoms. The second-order valence-electron chi connectivity index (χ2n) is 4.40. The zero-order valence-electron chi connectivity index (χ0n) is 9.61. The van der Waals surface area contributed by atoms with Crippen molar-refractivity contribution >= 4 is 23.4 Å². The van der Waals surface area contributed by atoms with Gasteiger partial charge in [0.25, 0.3) is 0 Å². The van der Waals surface area contributed by atoms with Crippen molar-refractivity contribution in [2.24, 2.45) is 5.73 Å². The standard InChI is InChI=1S/C12H18ClNOS/c1-9(7-12(2,14)8-15)16-11-5-3-10(13)4-6-11/h3-6,9,15H,7-8,14H2,1-2H3. The van der Waals surface area contributed by atoms with Gasteiger partial charge >= 0.3 is 0 Å². The summed E-state index contributed by atoms with van der Waals surface area (Å²) in [5.74, 6) is 0. The molecule has 0 aliphatic heterocycles. The third-order valence-corrected chi connectivity index (χ3v) is 3.63. The van der Waals surface area contributed by atoms with Crippen molar-refractivity contribution in [2.45, 2.75) is 36.0 Å². The lowest BCUT2D eigenvalue weighted by molar-refractivity contribution is 0.201. The first-order valence-electron chi connectivity index (χ1n) is 5.25. The summed E-state index contributed by atoms with van der Waals surface area (Å²) < 4.78 is 0. The van der Waals surface area contributed by atoms with E-state index in [1.165, 1.54) is 4.90 Å². The molecule has 2 unspecified atom stereocenters. The van der Waals surface area contributed by atoms with Gasteiger partial charge in [0.15, 0.2) is 0 Å². The smallest absolute Gasteiger partial charge is 0.0608 e. The fraction of sp³-hybridized carbons (Fsp3) is 0.500. The minimum atomic E-state index is -0.501. The predicted octanol–water partition coefficient (Wildman–Crippen LogP) is 2.92. The Bertz CT molecular complexity index is 326.